The minimum atomic E-state index is -0.423. The predicted octanol–water partition coefficient (Wildman–Crippen LogP) is 4.23. The minimum absolute atomic E-state index is 0.378. The zero-order chi connectivity index (χ0) is 16.5. The van der Waals surface area contributed by atoms with E-state index in [-0.39, 0.29) is 0 Å². The Morgan fingerprint density at radius 1 is 1.04 bits per heavy atom. The van der Waals surface area contributed by atoms with Gasteiger partial charge >= 0.3 is 5.97 Å². The Labute approximate surface area is 137 Å². The van der Waals surface area contributed by atoms with E-state index in [2.05, 4.69) is 6.92 Å². The third-order valence-electron chi connectivity index (χ3n) is 3.36. The van der Waals surface area contributed by atoms with Crippen molar-refractivity contribution in [2.24, 2.45) is 0 Å². The van der Waals surface area contributed by atoms with Crippen LogP contribution in [0.4, 0.5) is 0 Å². The van der Waals surface area contributed by atoms with Crippen molar-refractivity contribution in [2.45, 2.75) is 26.4 Å². The molecule has 0 radical (unpaired) electrons. The van der Waals surface area contributed by atoms with Crippen LogP contribution in [-0.2, 0) is 11.3 Å². The van der Waals surface area contributed by atoms with Gasteiger partial charge in [-0.2, -0.15) is 0 Å². The molecule has 0 N–H and O–H groups in total. The average molecular weight is 314 g/mol. The van der Waals surface area contributed by atoms with Crippen molar-refractivity contribution in [3.05, 3.63) is 59.7 Å². The normalized spacial score (nSPS) is 10.2. The first-order valence-corrected chi connectivity index (χ1v) is 7.76. The Kier molecular flexibility index (Phi) is 6.48. The molecule has 0 atom stereocenters. The van der Waals surface area contributed by atoms with Crippen molar-refractivity contribution >= 4 is 5.97 Å². The molecule has 2 rings (SSSR count). The largest absolute Gasteiger partial charge is 0.493 e. The van der Waals surface area contributed by atoms with E-state index in [1.807, 2.05) is 30.3 Å². The number of carbonyl (C=O) groups excluding carboxylic acids is 1. The van der Waals surface area contributed by atoms with Crippen LogP contribution >= 0.6 is 0 Å². The second kappa shape index (κ2) is 8.83. The Morgan fingerprint density at radius 2 is 1.83 bits per heavy atom. The summed E-state index contributed by atoms with van der Waals surface area (Å²) in [4.78, 5) is 11.9. The molecule has 0 aliphatic heterocycles. The summed E-state index contributed by atoms with van der Waals surface area (Å²) in [5, 5.41) is 0. The Balaban J connectivity index is 2.14. The third kappa shape index (κ3) is 5.02. The van der Waals surface area contributed by atoms with Gasteiger partial charge in [0.25, 0.3) is 0 Å². The number of hydrogen-bond donors (Lipinski definition) is 0. The fourth-order valence-corrected chi connectivity index (χ4v) is 2.06. The molecule has 0 saturated carbocycles. The summed E-state index contributed by atoms with van der Waals surface area (Å²) < 4.78 is 16.3. The molecular formula is C19H22O4. The van der Waals surface area contributed by atoms with Gasteiger partial charge in [-0.05, 0) is 24.1 Å². The lowest BCUT2D eigenvalue weighted by Gasteiger charge is -2.13. The van der Waals surface area contributed by atoms with Crippen LogP contribution in [0.5, 0.6) is 11.5 Å². The maximum absolute atomic E-state index is 11.9. The number of esters is 1. The number of benzene rings is 2. The van der Waals surface area contributed by atoms with Crippen LogP contribution in [-0.4, -0.2) is 19.7 Å². The highest BCUT2D eigenvalue weighted by Crippen LogP contribution is 2.26. The molecule has 2 aromatic carbocycles. The number of hydrogen-bond acceptors (Lipinski definition) is 4. The van der Waals surface area contributed by atoms with Crippen molar-refractivity contribution in [3.8, 4) is 11.5 Å². The first-order chi connectivity index (χ1) is 11.2. The van der Waals surface area contributed by atoms with E-state index < -0.39 is 5.97 Å². The van der Waals surface area contributed by atoms with Gasteiger partial charge in [-0.25, -0.2) is 4.79 Å². The fourth-order valence-electron chi connectivity index (χ4n) is 2.06. The van der Waals surface area contributed by atoms with Gasteiger partial charge in [0.1, 0.15) is 23.7 Å². The molecule has 0 bridgehead atoms. The van der Waals surface area contributed by atoms with E-state index in [4.69, 9.17) is 14.2 Å². The highest BCUT2D eigenvalue weighted by Gasteiger charge is 2.14. The van der Waals surface area contributed by atoms with Crippen molar-refractivity contribution in [1.82, 2.24) is 0 Å². The monoisotopic (exact) mass is 314 g/mol. The molecule has 2 aromatic rings. The summed E-state index contributed by atoms with van der Waals surface area (Å²) >= 11 is 0. The van der Waals surface area contributed by atoms with E-state index in [0.29, 0.717) is 30.3 Å². The van der Waals surface area contributed by atoms with Crippen LogP contribution in [0.25, 0.3) is 0 Å². The van der Waals surface area contributed by atoms with Crippen LogP contribution in [0.3, 0.4) is 0 Å². The van der Waals surface area contributed by atoms with E-state index in [1.54, 1.807) is 18.2 Å². The molecule has 0 amide bonds. The molecule has 0 fully saturated rings. The predicted molar refractivity (Wildman–Crippen MR) is 89.0 cm³/mol. The molecule has 4 heteroatoms. The Morgan fingerprint density at radius 3 is 2.52 bits per heavy atom. The molecule has 0 spiro atoms. The van der Waals surface area contributed by atoms with Crippen LogP contribution < -0.4 is 9.47 Å². The van der Waals surface area contributed by atoms with E-state index in [0.717, 1.165) is 18.4 Å². The van der Waals surface area contributed by atoms with Crippen molar-refractivity contribution in [2.75, 3.05) is 13.7 Å². The molecular weight excluding hydrogens is 292 g/mol. The summed E-state index contributed by atoms with van der Waals surface area (Å²) in [6.45, 7) is 3.13. The lowest BCUT2D eigenvalue weighted by atomic mass is 10.2. The highest BCUT2D eigenvalue weighted by atomic mass is 16.5. The standard InChI is InChI=1S/C19H22O4/c1-3-4-12-22-16-10-11-17(19(20)21-2)18(13-16)23-14-15-8-6-5-7-9-15/h5-11,13H,3-4,12,14H2,1-2H3. The number of unbranched alkanes of at least 4 members (excludes halogenated alkanes) is 1. The molecule has 0 unspecified atom stereocenters. The Bertz CT molecular complexity index is 623. The summed E-state index contributed by atoms with van der Waals surface area (Å²) in [6, 6.07) is 15.0. The van der Waals surface area contributed by atoms with Crippen LogP contribution in [0.1, 0.15) is 35.7 Å². The Hall–Kier alpha value is -2.49. The molecule has 0 aliphatic rings. The lowest BCUT2D eigenvalue weighted by molar-refractivity contribution is 0.0595. The highest BCUT2D eigenvalue weighted by molar-refractivity contribution is 5.92. The summed E-state index contributed by atoms with van der Waals surface area (Å²) in [7, 11) is 1.36. The number of ether oxygens (including phenoxy) is 3. The molecule has 4 nitrogen and oxygen atoms in total. The molecule has 122 valence electrons. The van der Waals surface area contributed by atoms with Crippen LogP contribution in [0, 0.1) is 0 Å². The van der Waals surface area contributed by atoms with Gasteiger partial charge < -0.3 is 14.2 Å². The van der Waals surface area contributed by atoms with Gasteiger partial charge in [0.05, 0.1) is 13.7 Å². The van der Waals surface area contributed by atoms with Gasteiger partial charge in [0.15, 0.2) is 0 Å². The third-order valence-corrected chi connectivity index (χ3v) is 3.36. The van der Waals surface area contributed by atoms with Gasteiger partial charge in [-0.15, -0.1) is 0 Å². The maximum atomic E-state index is 11.9. The topological polar surface area (TPSA) is 44.8 Å². The lowest BCUT2D eigenvalue weighted by Crippen LogP contribution is -2.07. The van der Waals surface area contributed by atoms with Gasteiger partial charge in [0, 0.05) is 6.07 Å². The second-order valence-electron chi connectivity index (χ2n) is 5.13. The molecule has 0 heterocycles. The number of rotatable bonds is 8. The van der Waals surface area contributed by atoms with Crippen molar-refractivity contribution < 1.29 is 19.0 Å². The number of carbonyl (C=O) groups is 1. The summed E-state index contributed by atoms with van der Waals surface area (Å²) in [6.07, 6.45) is 2.05. The van der Waals surface area contributed by atoms with E-state index in [1.165, 1.54) is 7.11 Å². The quantitative estimate of drug-likeness (QED) is 0.540. The number of methoxy groups -OCH3 is 1. The van der Waals surface area contributed by atoms with Gasteiger partial charge in [0.2, 0.25) is 0 Å². The molecule has 23 heavy (non-hydrogen) atoms. The first-order valence-electron chi connectivity index (χ1n) is 7.76. The zero-order valence-corrected chi connectivity index (χ0v) is 13.6. The van der Waals surface area contributed by atoms with E-state index in [9.17, 15) is 4.79 Å². The van der Waals surface area contributed by atoms with Crippen LogP contribution in [0.15, 0.2) is 48.5 Å². The molecule has 0 aliphatic carbocycles. The first kappa shape index (κ1) is 16.9. The second-order valence-corrected chi connectivity index (χ2v) is 5.13. The van der Waals surface area contributed by atoms with Crippen LogP contribution in [0.2, 0.25) is 0 Å². The summed E-state index contributed by atoms with van der Waals surface area (Å²) in [5.74, 6) is 0.733. The maximum Gasteiger partial charge on any atom is 0.341 e. The molecule has 0 saturated heterocycles. The average Bonchev–Trinajstić information content (AvgIpc) is 2.60. The van der Waals surface area contributed by atoms with E-state index >= 15 is 0 Å². The summed E-state index contributed by atoms with van der Waals surface area (Å²) in [5.41, 5.74) is 1.42. The zero-order valence-electron chi connectivity index (χ0n) is 13.6. The smallest absolute Gasteiger partial charge is 0.341 e. The molecule has 0 aromatic heterocycles. The van der Waals surface area contributed by atoms with Crippen molar-refractivity contribution in [3.63, 3.8) is 0 Å². The van der Waals surface area contributed by atoms with Gasteiger partial charge in [-0.1, -0.05) is 43.7 Å². The minimum Gasteiger partial charge on any atom is -0.493 e. The van der Waals surface area contributed by atoms with Gasteiger partial charge in [-0.3, -0.25) is 0 Å². The SMILES string of the molecule is CCCCOc1ccc(C(=O)OC)c(OCc2ccccc2)c1. The van der Waals surface area contributed by atoms with Crippen molar-refractivity contribution in [1.29, 1.82) is 0 Å². The fraction of sp³-hybridized carbons (Fsp3) is 0.316.